The summed E-state index contributed by atoms with van der Waals surface area (Å²) in [5.74, 6) is 1.08. The number of rotatable bonds is 6. The summed E-state index contributed by atoms with van der Waals surface area (Å²) >= 11 is 0. The van der Waals surface area contributed by atoms with Crippen molar-refractivity contribution in [3.63, 3.8) is 0 Å². The third-order valence-corrected chi connectivity index (χ3v) is 8.37. The number of anilines is 1. The van der Waals surface area contributed by atoms with Crippen LogP contribution in [0.2, 0.25) is 0 Å². The van der Waals surface area contributed by atoms with Crippen LogP contribution in [0.5, 0.6) is 0 Å². The number of hydrogen-bond acceptors (Lipinski definition) is 4. The molecular formula is C22H34IN5O3S. The number of amides is 1. The minimum atomic E-state index is -3.40. The molecule has 8 nitrogen and oxygen atoms in total. The lowest BCUT2D eigenvalue weighted by Crippen LogP contribution is -2.47. The molecule has 0 spiro atoms. The second kappa shape index (κ2) is 11.0. The lowest BCUT2D eigenvalue weighted by molar-refractivity contribution is -0.134. The summed E-state index contributed by atoms with van der Waals surface area (Å²) in [6, 6.07) is 7.80. The SMILES string of the molecule is CN=C(NCCS(=O)(=O)N1CCc2ccccc21)NC1CCN(C(=O)C2CCCC2)C1.I. The molecular weight excluding hydrogens is 541 g/mol. The van der Waals surface area contributed by atoms with E-state index in [9.17, 15) is 13.2 Å². The highest BCUT2D eigenvalue weighted by atomic mass is 127. The molecule has 0 radical (unpaired) electrons. The fraction of sp³-hybridized carbons (Fsp3) is 0.636. The number of fused-ring (bicyclic) bond motifs is 1. The normalized spacial score (nSPS) is 21.4. The number of aliphatic imine (C=N–C) groups is 1. The first-order chi connectivity index (χ1) is 15.0. The van der Waals surface area contributed by atoms with E-state index in [0.29, 0.717) is 25.0 Å². The van der Waals surface area contributed by atoms with Gasteiger partial charge in [0.2, 0.25) is 15.9 Å². The Hall–Kier alpha value is -1.56. The van der Waals surface area contributed by atoms with Crippen LogP contribution in [-0.4, -0.2) is 70.2 Å². The first-order valence-electron chi connectivity index (χ1n) is 11.3. The summed E-state index contributed by atoms with van der Waals surface area (Å²) < 4.78 is 27.2. The molecule has 1 aliphatic carbocycles. The van der Waals surface area contributed by atoms with E-state index >= 15 is 0 Å². The first kappa shape index (κ1) is 25.1. The highest BCUT2D eigenvalue weighted by Crippen LogP contribution is 2.30. The van der Waals surface area contributed by atoms with Gasteiger partial charge < -0.3 is 15.5 Å². The van der Waals surface area contributed by atoms with Crippen LogP contribution < -0.4 is 14.9 Å². The van der Waals surface area contributed by atoms with Gasteiger partial charge in [-0.1, -0.05) is 31.0 Å². The van der Waals surface area contributed by atoms with Gasteiger partial charge in [0.15, 0.2) is 5.96 Å². The van der Waals surface area contributed by atoms with E-state index in [4.69, 9.17) is 0 Å². The quantitative estimate of drug-likeness (QED) is 0.308. The molecule has 2 aliphatic heterocycles. The molecule has 178 valence electrons. The molecule has 0 aromatic heterocycles. The number of likely N-dealkylation sites (tertiary alicyclic amines) is 1. The fourth-order valence-electron chi connectivity index (χ4n) is 4.90. The summed E-state index contributed by atoms with van der Waals surface area (Å²) in [4.78, 5) is 18.8. The average molecular weight is 576 g/mol. The molecule has 1 aromatic rings. The number of carbonyl (C=O) groups is 1. The van der Waals surface area contributed by atoms with Crippen molar-refractivity contribution in [3.05, 3.63) is 29.8 Å². The van der Waals surface area contributed by atoms with Crippen LogP contribution in [0.3, 0.4) is 0 Å². The fourth-order valence-corrected chi connectivity index (χ4v) is 6.33. The van der Waals surface area contributed by atoms with E-state index in [1.54, 1.807) is 7.05 Å². The second-order valence-electron chi connectivity index (χ2n) is 8.66. The number of halogens is 1. The van der Waals surface area contributed by atoms with Crippen molar-refractivity contribution in [1.82, 2.24) is 15.5 Å². The van der Waals surface area contributed by atoms with Gasteiger partial charge in [-0.15, -0.1) is 24.0 Å². The zero-order chi connectivity index (χ0) is 21.8. The molecule has 1 atom stereocenters. The maximum atomic E-state index is 12.8. The van der Waals surface area contributed by atoms with Crippen molar-refractivity contribution in [3.8, 4) is 0 Å². The third kappa shape index (κ3) is 5.67. The predicted molar refractivity (Wildman–Crippen MR) is 138 cm³/mol. The van der Waals surface area contributed by atoms with E-state index < -0.39 is 10.0 Å². The molecule has 1 unspecified atom stereocenters. The summed E-state index contributed by atoms with van der Waals surface area (Å²) in [5, 5.41) is 6.48. The molecule has 4 rings (SSSR count). The summed E-state index contributed by atoms with van der Waals surface area (Å²) in [6.45, 7) is 2.23. The number of hydrogen-bond donors (Lipinski definition) is 2. The lowest BCUT2D eigenvalue weighted by atomic mass is 10.1. The largest absolute Gasteiger partial charge is 0.355 e. The summed E-state index contributed by atoms with van der Waals surface area (Å²) in [6.07, 6.45) is 5.99. The lowest BCUT2D eigenvalue weighted by Gasteiger charge is -2.22. The second-order valence-corrected chi connectivity index (χ2v) is 10.7. The molecule has 1 saturated carbocycles. The van der Waals surface area contributed by atoms with Crippen molar-refractivity contribution in [2.24, 2.45) is 10.9 Å². The number of benzene rings is 1. The highest BCUT2D eigenvalue weighted by molar-refractivity contribution is 14.0. The van der Waals surface area contributed by atoms with Gasteiger partial charge >= 0.3 is 0 Å². The van der Waals surface area contributed by atoms with Crippen LogP contribution in [0.15, 0.2) is 29.3 Å². The van der Waals surface area contributed by atoms with Gasteiger partial charge in [0.25, 0.3) is 0 Å². The summed E-state index contributed by atoms with van der Waals surface area (Å²) in [5.41, 5.74) is 1.87. The van der Waals surface area contributed by atoms with Crippen LogP contribution in [-0.2, 0) is 21.2 Å². The Balaban J connectivity index is 0.00000289. The highest BCUT2D eigenvalue weighted by Gasteiger charge is 2.33. The summed E-state index contributed by atoms with van der Waals surface area (Å²) in [7, 11) is -1.72. The number of guanidine groups is 1. The van der Waals surface area contributed by atoms with E-state index in [2.05, 4.69) is 15.6 Å². The number of para-hydroxylation sites is 1. The van der Waals surface area contributed by atoms with Crippen LogP contribution >= 0.6 is 24.0 Å². The Kier molecular flexibility index (Phi) is 8.65. The van der Waals surface area contributed by atoms with Crippen LogP contribution in [0.4, 0.5) is 5.69 Å². The van der Waals surface area contributed by atoms with Crippen LogP contribution in [0.1, 0.15) is 37.7 Å². The first-order valence-corrected chi connectivity index (χ1v) is 12.9. The van der Waals surface area contributed by atoms with Gasteiger partial charge in [0.05, 0.1) is 11.4 Å². The minimum Gasteiger partial charge on any atom is -0.355 e. The Bertz CT molecular complexity index is 933. The minimum absolute atomic E-state index is 0. The van der Waals surface area contributed by atoms with E-state index in [1.165, 1.54) is 4.31 Å². The van der Waals surface area contributed by atoms with Crippen molar-refractivity contribution in [2.75, 3.05) is 43.3 Å². The van der Waals surface area contributed by atoms with Gasteiger partial charge in [-0.05, 0) is 37.3 Å². The molecule has 3 aliphatic rings. The van der Waals surface area contributed by atoms with Gasteiger partial charge in [0, 0.05) is 45.2 Å². The van der Waals surface area contributed by atoms with Gasteiger partial charge in [0.1, 0.15) is 0 Å². The standard InChI is InChI=1S/C22H33N5O3S.HI/c1-23-22(25-19-11-13-26(16-19)21(28)18-7-2-3-8-18)24-12-15-31(29,30)27-14-10-17-6-4-5-9-20(17)27;/h4-6,9,18-19H,2-3,7-8,10-16H2,1H3,(H2,23,24,25);1H. The molecule has 32 heavy (non-hydrogen) atoms. The average Bonchev–Trinajstić information content (AvgIpc) is 3.53. The molecule has 1 amide bonds. The van der Waals surface area contributed by atoms with Crippen molar-refractivity contribution >= 4 is 51.6 Å². The van der Waals surface area contributed by atoms with Gasteiger partial charge in [-0.2, -0.15) is 0 Å². The Labute approximate surface area is 208 Å². The van der Waals surface area contributed by atoms with Crippen LogP contribution in [0, 0.1) is 5.92 Å². The Morgan fingerprint density at radius 2 is 1.91 bits per heavy atom. The molecule has 1 aromatic carbocycles. The van der Waals surface area contributed by atoms with Crippen molar-refractivity contribution in [1.29, 1.82) is 0 Å². The van der Waals surface area contributed by atoms with Gasteiger partial charge in [-0.25, -0.2) is 8.42 Å². The number of nitrogens with zero attached hydrogens (tertiary/aromatic N) is 3. The Morgan fingerprint density at radius 3 is 2.66 bits per heavy atom. The van der Waals surface area contributed by atoms with Crippen molar-refractivity contribution in [2.45, 2.75) is 44.6 Å². The Morgan fingerprint density at radius 1 is 1.16 bits per heavy atom. The maximum Gasteiger partial charge on any atom is 0.236 e. The number of sulfonamides is 1. The molecule has 2 fully saturated rings. The molecule has 2 heterocycles. The third-order valence-electron chi connectivity index (χ3n) is 6.60. The van der Waals surface area contributed by atoms with Crippen molar-refractivity contribution < 1.29 is 13.2 Å². The zero-order valence-corrected chi connectivity index (χ0v) is 21.8. The topological polar surface area (TPSA) is 94.1 Å². The van der Waals surface area contributed by atoms with E-state index in [1.807, 2.05) is 29.2 Å². The molecule has 2 N–H and O–H groups in total. The molecule has 0 bridgehead atoms. The van der Waals surface area contributed by atoms with Gasteiger partial charge in [-0.3, -0.25) is 14.1 Å². The maximum absolute atomic E-state index is 12.8. The monoisotopic (exact) mass is 575 g/mol. The van der Waals surface area contributed by atoms with E-state index in [0.717, 1.165) is 56.3 Å². The molecule has 10 heteroatoms. The van der Waals surface area contributed by atoms with E-state index in [-0.39, 0.29) is 48.2 Å². The molecule has 1 saturated heterocycles. The predicted octanol–water partition coefficient (Wildman–Crippen LogP) is 1.95. The zero-order valence-electron chi connectivity index (χ0n) is 18.6. The van der Waals surface area contributed by atoms with Crippen LogP contribution in [0.25, 0.3) is 0 Å². The smallest absolute Gasteiger partial charge is 0.236 e. The number of carbonyl (C=O) groups excluding carboxylic acids is 1. The number of nitrogens with one attached hydrogen (secondary N) is 2.